The molecule has 22 heavy (non-hydrogen) atoms. The quantitative estimate of drug-likeness (QED) is 0.831. The molecule has 0 amide bonds. The molecule has 2 aromatic carbocycles. The molecule has 0 aliphatic rings. The van der Waals surface area contributed by atoms with Gasteiger partial charge >= 0.3 is 5.97 Å². The monoisotopic (exact) mass is 302 g/mol. The fourth-order valence-corrected chi connectivity index (χ4v) is 2.04. The molecule has 0 aliphatic heterocycles. The van der Waals surface area contributed by atoms with Crippen molar-refractivity contribution in [3.63, 3.8) is 0 Å². The lowest BCUT2D eigenvalue weighted by molar-refractivity contribution is -0.143. The topological polar surface area (TPSA) is 65.0 Å². The molecule has 2 aromatic rings. The third-order valence-corrected chi connectivity index (χ3v) is 3.23. The number of benzene rings is 2. The van der Waals surface area contributed by atoms with Crippen molar-refractivity contribution in [1.82, 2.24) is 0 Å². The van der Waals surface area contributed by atoms with E-state index in [-0.39, 0.29) is 12.4 Å². The summed E-state index contributed by atoms with van der Waals surface area (Å²) in [4.78, 5) is 11.9. The van der Waals surface area contributed by atoms with Gasteiger partial charge in [0.2, 0.25) is 0 Å². The van der Waals surface area contributed by atoms with Crippen LogP contribution in [-0.4, -0.2) is 31.9 Å². The maximum Gasteiger partial charge on any atom is 0.316 e. The predicted octanol–water partition coefficient (Wildman–Crippen LogP) is 2.74. The fraction of sp³-hybridized carbons (Fsp3) is 0.235. The van der Waals surface area contributed by atoms with Gasteiger partial charge in [-0.15, -0.1) is 0 Å². The molecule has 0 saturated heterocycles. The summed E-state index contributed by atoms with van der Waals surface area (Å²) in [5, 5.41) is 9.55. The normalized spacial score (nSPS) is 11.5. The van der Waals surface area contributed by atoms with Crippen molar-refractivity contribution in [2.24, 2.45) is 0 Å². The molecule has 1 atom stereocenters. The maximum absolute atomic E-state index is 11.9. The van der Waals surface area contributed by atoms with Crippen molar-refractivity contribution in [3.05, 3.63) is 54.1 Å². The number of esters is 1. The Balaban J connectivity index is 2.11. The van der Waals surface area contributed by atoms with Crippen molar-refractivity contribution in [2.75, 3.05) is 20.8 Å². The molecule has 2 rings (SSSR count). The standard InChI is InChI=1S/C17H18O5/c1-20-14-6-8-15(9-7-14)22-11-16(17(19)21-2)12-4-3-5-13(18)10-12/h3-10,16,18H,11H2,1-2H3. The predicted molar refractivity (Wildman–Crippen MR) is 81.4 cm³/mol. The molecule has 116 valence electrons. The van der Waals surface area contributed by atoms with Crippen LogP contribution in [0.4, 0.5) is 0 Å². The summed E-state index contributed by atoms with van der Waals surface area (Å²) in [7, 11) is 2.91. The van der Waals surface area contributed by atoms with E-state index in [1.807, 2.05) is 0 Å². The summed E-state index contributed by atoms with van der Waals surface area (Å²) in [5.41, 5.74) is 0.639. The van der Waals surface area contributed by atoms with Crippen molar-refractivity contribution in [1.29, 1.82) is 0 Å². The van der Waals surface area contributed by atoms with Gasteiger partial charge in [0.25, 0.3) is 0 Å². The summed E-state index contributed by atoms with van der Waals surface area (Å²) in [6.07, 6.45) is 0. The first-order chi connectivity index (χ1) is 10.6. The average Bonchev–Trinajstić information content (AvgIpc) is 2.55. The van der Waals surface area contributed by atoms with E-state index in [1.165, 1.54) is 13.2 Å². The summed E-state index contributed by atoms with van der Waals surface area (Å²) in [6.45, 7) is 0.114. The second-order valence-corrected chi connectivity index (χ2v) is 4.66. The molecule has 0 aliphatic carbocycles. The highest BCUT2D eigenvalue weighted by Gasteiger charge is 2.22. The first kappa shape index (κ1) is 15.7. The third kappa shape index (κ3) is 3.91. The maximum atomic E-state index is 11.9. The highest BCUT2D eigenvalue weighted by atomic mass is 16.5. The fourth-order valence-electron chi connectivity index (χ4n) is 2.04. The van der Waals surface area contributed by atoms with Gasteiger partial charge in [0, 0.05) is 0 Å². The van der Waals surface area contributed by atoms with Crippen LogP contribution in [0.1, 0.15) is 11.5 Å². The van der Waals surface area contributed by atoms with Gasteiger partial charge in [0.15, 0.2) is 0 Å². The summed E-state index contributed by atoms with van der Waals surface area (Å²) < 4.78 is 15.5. The minimum absolute atomic E-state index is 0.0934. The number of rotatable bonds is 6. The SMILES string of the molecule is COC(=O)C(COc1ccc(OC)cc1)c1cccc(O)c1. The van der Waals surface area contributed by atoms with Crippen LogP contribution < -0.4 is 9.47 Å². The number of hydrogen-bond donors (Lipinski definition) is 1. The van der Waals surface area contributed by atoms with Gasteiger partial charge in [0.1, 0.15) is 29.8 Å². The molecule has 0 aromatic heterocycles. The van der Waals surface area contributed by atoms with Crippen molar-refractivity contribution in [2.45, 2.75) is 5.92 Å². The number of ether oxygens (including phenoxy) is 3. The molecule has 0 spiro atoms. The van der Waals surface area contributed by atoms with E-state index in [0.717, 1.165) is 5.75 Å². The van der Waals surface area contributed by atoms with Gasteiger partial charge in [-0.2, -0.15) is 0 Å². The van der Waals surface area contributed by atoms with Crippen LogP contribution in [0, 0.1) is 0 Å². The molecular weight excluding hydrogens is 284 g/mol. The molecule has 0 saturated carbocycles. The van der Waals surface area contributed by atoms with Crippen LogP contribution in [-0.2, 0) is 9.53 Å². The Morgan fingerprint density at radius 1 is 1.09 bits per heavy atom. The van der Waals surface area contributed by atoms with E-state index in [9.17, 15) is 9.90 Å². The second-order valence-electron chi connectivity index (χ2n) is 4.66. The molecule has 0 heterocycles. The lowest BCUT2D eigenvalue weighted by atomic mass is 10.00. The largest absolute Gasteiger partial charge is 0.508 e. The Morgan fingerprint density at radius 3 is 2.36 bits per heavy atom. The Morgan fingerprint density at radius 2 is 1.77 bits per heavy atom. The van der Waals surface area contributed by atoms with E-state index in [2.05, 4.69) is 0 Å². The first-order valence-electron chi connectivity index (χ1n) is 6.77. The number of phenolic OH excluding ortho intramolecular Hbond substituents is 1. The Bertz CT molecular complexity index is 621. The van der Waals surface area contributed by atoms with Crippen molar-refractivity contribution < 1.29 is 24.1 Å². The van der Waals surface area contributed by atoms with Crippen LogP contribution in [0.2, 0.25) is 0 Å². The zero-order valence-corrected chi connectivity index (χ0v) is 12.5. The van der Waals surface area contributed by atoms with Crippen LogP contribution >= 0.6 is 0 Å². The van der Waals surface area contributed by atoms with Crippen molar-refractivity contribution in [3.8, 4) is 17.2 Å². The molecule has 0 fully saturated rings. The van der Waals surface area contributed by atoms with Gasteiger partial charge in [-0.1, -0.05) is 12.1 Å². The molecule has 0 radical (unpaired) electrons. The summed E-state index contributed by atoms with van der Waals surface area (Å²) in [5.74, 6) is 0.411. The molecule has 5 heteroatoms. The van der Waals surface area contributed by atoms with E-state index >= 15 is 0 Å². The van der Waals surface area contributed by atoms with Gasteiger partial charge in [-0.25, -0.2) is 0 Å². The Labute approximate surface area is 129 Å². The number of hydrogen-bond acceptors (Lipinski definition) is 5. The average molecular weight is 302 g/mol. The van der Waals surface area contributed by atoms with Gasteiger partial charge < -0.3 is 19.3 Å². The molecule has 0 bridgehead atoms. The Kier molecular flexibility index (Phi) is 5.25. The number of carbonyl (C=O) groups excluding carboxylic acids is 1. The highest BCUT2D eigenvalue weighted by molar-refractivity contribution is 5.78. The van der Waals surface area contributed by atoms with Crippen LogP contribution in [0.15, 0.2) is 48.5 Å². The van der Waals surface area contributed by atoms with E-state index < -0.39 is 11.9 Å². The number of phenols is 1. The van der Waals surface area contributed by atoms with Crippen LogP contribution in [0.25, 0.3) is 0 Å². The number of methoxy groups -OCH3 is 2. The molecule has 5 nitrogen and oxygen atoms in total. The first-order valence-corrected chi connectivity index (χ1v) is 6.77. The minimum atomic E-state index is -0.612. The Hall–Kier alpha value is -2.69. The number of aromatic hydroxyl groups is 1. The smallest absolute Gasteiger partial charge is 0.316 e. The van der Waals surface area contributed by atoms with Crippen molar-refractivity contribution >= 4 is 5.97 Å². The third-order valence-electron chi connectivity index (χ3n) is 3.23. The van der Waals surface area contributed by atoms with Gasteiger partial charge in [0.05, 0.1) is 14.2 Å². The van der Waals surface area contributed by atoms with E-state index in [4.69, 9.17) is 14.2 Å². The molecule has 1 unspecified atom stereocenters. The van der Waals surface area contributed by atoms with E-state index in [0.29, 0.717) is 11.3 Å². The minimum Gasteiger partial charge on any atom is -0.508 e. The highest BCUT2D eigenvalue weighted by Crippen LogP contribution is 2.24. The second kappa shape index (κ2) is 7.36. The zero-order valence-electron chi connectivity index (χ0n) is 12.5. The van der Waals surface area contributed by atoms with E-state index in [1.54, 1.807) is 49.6 Å². The van der Waals surface area contributed by atoms with Gasteiger partial charge in [-0.05, 0) is 42.0 Å². The summed E-state index contributed by atoms with van der Waals surface area (Å²) in [6, 6.07) is 13.6. The lowest BCUT2D eigenvalue weighted by Crippen LogP contribution is -2.21. The molecular formula is C17H18O5. The summed E-state index contributed by atoms with van der Waals surface area (Å²) >= 11 is 0. The zero-order chi connectivity index (χ0) is 15.9. The van der Waals surface area contributed by atoms with Gasteiger partial charge in [-0.3, -0.25) is 4.79 Å². The molecule has 1 N–H and O–H groups in total. The lowest BCUT2D eigenvalue weighted by Gasteiger charge is -2.16. The van der Waals surface area contributed by atoms with Crippen LogP contribution in [0.3, 0.4) is 0 Å². The van der Waals surface area contributed by atoms with Crippen LogP contribution in [0.5, 0.6) is 17.2 Å². The number of carbonyl (C=O) groups is 1.